The van der Waals surface area contributed by atoms with E-state index in [0.717, 1.165) is 16.3 Å². The highest BCUT2D eigenvalue weighted by Gasteiger charge is 1.95. The van der Waals surface area contributed by atoms with Crippen LogP contribution < -0.4 is 0 Å². The largest absolute Gasteiger partial charge is 0.303 e. The number of carbonyl (C=O) groups is 1. The first-order chi connectivity index (χ1) is 5.22. The maximum atomic E-state index is 10.1. The molecular weight excluding hydrogens is 227 g/mol. The SMILES string of the molecule is O=CCc1cc(Cl)cc(Br)c1. The van der Waals surface area contributed by atoms with Gasteiger partial charge in [0.1, 0.15) is 6.29 Å². The minimum atomic E-state index is 0.416. The van der Waals surface area contributed by atoms with Crippen molar-refractivity contribution < 1.29 is 4.79 Å². The first kappa shape index (κ1) is 8.75. The van der Waals surface area contributed by atoms with Crippen LogP contribution in [-0.4, -0.2) is 6.29 Å². The molecule has 0 amide bonds. The van der Waals surface area contributed by atoms with Gasteiger partial charge in [0.25, 0.3) is 0 Å². The zero-order valence-corrected chi connectivity index (χ0v) is 8.02. The number of hydrogen-bond acceptors (Lipinski definition) is 1. The number of rotatable bonds is 2. The monoisotopic (exact) mass is 232 g/mol. The van der Waals surface area contributed by atoms with E-state index in [0.29, 0.717) is 11.4 Å². The van der Waals surface area contributed by atoms with Crippen LogP contribution in [0.15, 0.2) is 22.7 Å². The number of benzene rings is 1. The molecule has 0 heterocycles. The summed E-state index contributed by atoms with van der Waals surface area (Å²) in [5.74, 6) is 0. The van der Waals surface area contributed by atoms with Crippen LogP contribution in [0.1, 0.15) is 5.56 Å². The highest BCUT2D eigenvalue weighted by molar-refractivity contribution is 9.10. The van der Waals surface area contributed by atoms with Crippen molar-refractivity contribution in [3.8, 4) is 0 Å². The lowest BCUT2D eigenvalue weighted by molar-refractivity contribution is -0.107. The quantitative estimate of drug-likeness (QED) is 0.718. The van der Waals surface area contributed by atoms with Crippen LogP contribution in [0.25, 0.3) is 0 Å². The molecule has 0 saturated heterocycles. The van der Waals surface area contributed by atoms with Gasteiger partial charge in [-0.15, -0.1) is 0 Å². The third kappa shape index (κ3) is 2.64. The van der Waals surface area contributed by atoms with Crippen molar-refractivity contribution in [1.29, 1.82) is 0 Å². The molecule has 0 aliphatic carbocycles. The molecule has 0 spiro atoms. The minimum Gasteiger partial charge on any atom is -0.303 e. The summed E-state index contributed by atoms with van der Waals surface area (Å²) >= 11 is 9.02. The zero-order valence-electron chi connectivity index (χ0n) is 5.68. The van der Waals surface area contributed by atoms with E-state index in [9.17, 15) is 4.79 Å². The number of hydrogen-bond donors (Lipinski definition) is 0. The van der Waals surface area contributed by atoms with Gasteiger partial charge < -0.3 is 4.79 Å². The van der Waals surface area contributed by atoms with Gasteiger partial charge >= 0.3 is 0 Å². The van der Waals surface area contributed by atoms with E-state index in [1.165, 1.54) is 0 Å². The normalized spacial score (nSPS) is 9.64. The Morgan fingerprint density at radius 3 is 2.73 bits per heavy atom. The van der Waals surface area contributed by atoms with Gasteiger partial charge in [0.05, 0.1) is 0 Å². The van der Waals surface area contributed by atoms with E-state index in [2.05, 4.69) is 15.9 Å². The average molecular weight is 233 g/mol. The molecule has 0 N–H and O–H groups in total. The molecule has 1 aromatic carbocycles. The van der Waals surface area contributed by atoms with Gasteiger partial charge in [-0.25, -0.2) is 0 Å². The minimum absolute atomic E-state index is 0.416. The van der Waals surface area contributed by atoms with E-state index in [-0.39, 0.29) is 0 Å². The molecule has 1 aromatic rings. The van der Waals surface area contributed by atoms with Crippen molar-refractivity contribution in [2.45, 2.75) is 6.42 Å². The van der Waals surface area contributed by atoms with Gasteiger partial charge in [-0.2, -0.15) is 0 Å². The highest BCUT2D eigenvalue weighted by Crippen LogP contribution is 2.19. The summed E-state index contributed by atoms with van der Waals surface area (Å²) in [7, 11) is 0. The van der Waals surface area contributed by atoms with Crippen LogP contribution in [-0.2, 0) is 11.2 Å². The van der Waals surface area contributed by atoms with E-state index < -0.39 is 0 Å². The van der Waals surface area contributed by atoms with Gasteiger partial charge in [-0.3, -0.25) is 0 Å². The third-order valence-corrected chi connectivity index (χ3v) is 1.92. The van der Waals surface area contributed by atoms with Crippen molar-refractivity contribution in [3.05, 3.63) is 33.3 Å². The second kappa shape index (κ2) is 3.88. The Kier molecular flexibility index (Phi) is 3.09. The van der Waals surface area contributed by atoms with Gasteiger partial charge in [-0.05, 0) is 23.8 Å². The second-order valence-electron chi connectivity index (χ2n) is 2.15. The van der Waals surface area contributed by atoms with E-state index in [4.69, 9.17) is 11.6 Å². The van der Waals surface area contributed by atoms with Gasteiger partial charge in [0.15, 0.2) is 0 Å². The lowest BCUT2D eigenvalue weighted by Gasteiger charge is -1.97. The fourth-order valence-electron chi connectivity index (χ4n) is 0.825. The van der Waals surface area contributed by atoms with Crippen molar-refractivity contribution in [2.24, 2.45) is 0 Å². The van der Waals surface area contributed by atoms with Crippen LogP contribution in [0.5, 0.6) is 0 Å². The number of carbonyl (C=O) groups excluding carboxylic acids is 1. The van der Waals surface area contributed by atoms with E-state index in [1.807, 2.05) is 6.07 Å². The fourth-order valence-corrected chi connectivity index (χ4v) is 1.76. The summed E-state index contributed by atoms with van der Waals surface area (Å²) < 4.78 is 0.904. The predicted molar refractivity (Wildman–Crippen MR) is 48.9 cm³/mol. The summed E-state index contributed by atoms with van der Waals surface area (Å²) in [5.41, 5.74) is 0.930. The fraction of sp³-hybridized carbons (Fsp3) is 0.125. The molecule has 58 valence electrons. The predicted octanol–water partition coefficient (Wildman–Crippen LogP) is 2.84. The van der Waals surface area contributed by atoms with E-state index >= 15 is 0 Å². The molecule has 0 aliphatic heterocycles. The maximum absolute atomic E-state index is 10.1. The molecule has 11 heavy (non-hydrogen) atoms. The molecule has 0 aliphatic rings. The Labute approximate surface area is 78.5 Å². The molecule has 0 aromatic heterocycles. The Hall–Kier alpha value is -0.340. The summed E-state index contributed by atoms with van der Waals surface area (Å²) in [4.78, 5) is 10.1. The molecule has 1 rings (SSSR count). The number of aldehydes is 1. The standard InChI is InChI=1S/C8H6BrClO/c9-7-3-6(1-2-11)4-8(10)5-7/h2-5H,1H2. The topological polar surface area (TPSA) is 17.1 Å². The molecular formula is C8H6BrClO. The van der Waals surface area contributed by atoms with Crippen molar-refractivity contribution in [1.82, 2.24) is 0 Å². The lowest BCUT2D eigenvalue weighted by Crippen LogP contribution is -1.84. The van der Waals surface area contributed by atoms with Gasteiger partial charge in [0.2, 0.25) is 0 Å². The number of halogens is 2. The second-order valence-corrected chi connectivity index (χ2v) is 3.50. The van der Waals surface area contributed by atoms with Crippen LogP contribution in [0.2, 0.25) is 5.02 Å². The third-order valence-electron chi connectivity index (χ3n) is 1.24. The summed E-state index contributed by atoms with van der Waals surface area (Å²) in [6.07, 6.45) is 1.28. The summed E-state index contributed by atoms with van der Waals surface area (Å²) in [6, 6.07) is 5.44. The lowest BCUT2D eigenvalue weighted by atomic mass is 10.2. The Balaban J connectivity index is 2.98. The zero-order chi connectivity index (χ0) is 8.27. The van der Waals surface area contributed by atoms with Crippen LogP contribution in [0.4, 0.5) is 0 Å². The Bertz CT molecular complexity index is 253. The van der Waals surface area contributed by atoms with Crippen molar-refractivity contribution in [3.63, 3.8) is 0 Å². The smallest absolute Gasteiger partial charge is 0.124 e. The molecule has 0 unspecified atom stereocenters. The first-order valence-electron chi connectivity index (χ1n) is 3.11. The molecule has 0 atom stereocenters. The van der Waals surface area contributed by atoms with Crippen LogP contribution in [0, 0.1) is 0 Å². The average Bonchev–Trinajstić information content (AvgIpc) is 1.85. The van der Waals surface area contributed by atoms with Crippen LogP contribution in [0.3, 0.4) is 0 Å². The maximum Gasteiger partial charge on any atom is 0.124 e. The molecule has 1 nitrogen and oxygen atoms in total. The van der Waals surface area contributed by atoms with Crippen LogP contribution >= 0.6 is 27.5 Å². The van der Waals surface area contributed by atoms with Crippen molar-refractivity contribution >= 4 is 33.8 Å². The molecule has 0 saturated carbocycles. The Morgan fingerprint density at radius 1 is 1.45 bits per heavy atom. The van der Waals surface area contributed by atoms with Gasteiger partial charge in [-0.1, -0.05) is 27.5 Å². The summed E-state index contributed by atoms with van der Waals surface area (Å²) in [6.45, 7) is 0. The summed E-state index contributed by atoms with van der Waals surface area (Å²) in [5, 5.41) is 0.649. The van der Waals surface area contributed by atoms with E-state index in [1.54, 1.807) is 12.1 Å². The molecule has 3 heteroatoms. The highest BCUT2D eigenvalue weighted by atomic mass is 79.9. The van der Waals surface area contributed by atoms with Crippen molar-refractivity contribution in [2.75, 3.05) is 0 Å². The van der Waals surface area contributed by atoms with Gasteiger partial charge in [0, 0.05) is 15.9 Å². The molecule has 0 fully saturated rings. The molecule has 0 bridgehead atoms. The Morgan fingerprint density at radius 2 is 2.18 bits per heavy atom. The molecule has 0 radical (unpaired) electrons. The first-order valence-corrected chi connectivity index (χ1v) is 4.28.